The van der Waals surface area contributed by atoms with Crippen molar-refractivity contribution in [3.05, 3.63) is 54.1 Å². The minimum atomic E-state index is -0.0222. The Hall–Kier alpha value is -2.57. The largest absolute Gasteiger partial charge is 0.495 e. The maximum atomic E-state index is 12.3. The van der Waals surface area contributed by atoms with Crippen LogP contribution >= 0.6 is 0 Å². The molecule has 2 aromatic carbocycles. The normalized spacial score (nSPS) is 15.6. The van der Waals surface area contributed by atoms with Crippen LogP contribution in [0.4, 0.5) is 11.4 Å². The molecule has 1 aliphatic heterocycles. The topological polar surface area (TPSA) is 70.8 Å². The molecule has 1 aliphatic rings. The fraction of sp³-hybridized carbons (Fsp3) is 0.350. The van der Waals surface area contributed by atoms with E-state index in [-0.39, 0.29) is 5.91 Å². The van der Waals surface area contributed by atoms with Crippen LogP contribution in [-0.4, -0.2) is 55.5 Å². The molecule has 0 bridgehead atoms. The van der Waals surface area contributed by atoms with Gasteiger partial charge in [-0.05, 0) is 23.8 Å². The number of carbonyl (C=O) groups excluding carboxylic acids is 1. The van der Waals surface area contributed by atoms with Crippen molar-refractivity contribution < 1.29 is 9.53 Å². The van der Waals surface area contributed by atoms with Crippen LogP contribution < -0.4 is 15.8 Å². The molecule has 0 unspecified atom stereocenters. The Kier molecular flexibility index (Phi) is 6.09. The third-order valence-electron chi connectivity index (χ3n) is 4.59. The molecule has 2 aromatic rings. The number of ether oxygens (including phenoxy) is 1. The molecule has 0 saturated carbocycles. The standard InChI is InChI=1S/C20H26N4O2/c1-26-19-8-7-17(13-18(19)21)22-20(25)15-24-11-9-23(10-12-24)14-16-5-3-2-4-6-16/h2-8,13H,9-12,14-15,21H2,1H3,(H,22,25). The van der Waals surface area contributed by atoms with Gasteiger partial charge in [0.15, 0.2) is 0 Å². The molecule has 0 radical (unpaired) electrons. The van der Waals surface area contributed by atoms with E-state index in [0.29, 0.717) is 23.7 Å². The number of nitrogens with zero attached hydrogens (tertiary/aromatic N) is 2. The first-order chi connectivity index (χ1) is 12.6. The van der Waals surface area contributed by atoms with Gasteiger partial charge in [0.05, 0.1) is 19.3 Å². The number of hydrogen-bond acceptors (Lipinski definition) is 5. The molecule has 3 rings (SSSR count). The van der Waals surface area contributed by atoms with Gasteiger partial charge in [-0.1, -0.05) is 30.3 Å². The van der Waals surface area contributed by atoms with E-state index in [9.17, 15) is 4.79 Å². The number of rotatable bonds is 6. The monoisotopic (exact) mass is 354 g/mol. The molecular weight excluding hydrogens is 328 g/mol. The van der Waals surface area contributed by atoms with Crippen LogP contribution in [0.5, 0.6) is 5.75 Å². The Morgan fingerprint density at radius 3 is 2.42 bits per heavy atom. The second-order valence-electron chi connectivity index (χ2n) is 6.54. The van der Waals surface area contributed by atoms with E-state index < -0.39 is 0 Å². The Labute approximate surface area is 154 Å². The zero-order chi connectivity index (χ0) is 18.4. The van der Waals surface area contributed by atoms with Crippen LogP contribution in [0.2, 0.25) is 0 Å². The van der Waals surface area contributed by atoms with Crippen LogP contribution in [0.25, 0.3) is 0 Å². The van der Waals surface area contributed by atoms with Crippen molar-refractivity contribution in [3.8, 4) is 5.75 Å². The number of nitrogens with one attached hydrogen (secondary N) is 1. The Morgan fingerprint density at radius 2 is 1.77 bits per heavy atom. The smallest absolute Gasteiger partial charge is 0.238 e. The summed E-state index contributed by atoms with van der Waals surface area (Å²) >= 11 is 0. The number of methoxy groups -OCH3 is 1. The quantitative estimate of drug-likeness (QED) is 0.777. The summed E-state index contributed by atoms with van der Waals surface area (Å²) in [6, 6.07) is 15.8. The summed E-state index contributed by atoms with van der Waals surface area (Å²) in [6.07, 6.45) is 0. The van der Waals surface area contributed by atoms with Crippen LogP contribution in [0.15, 0.2) is 48.5 Å². The third kappa shape index (κ3) is 4.97. The molecule has 0 aliphatic carbocycles. The lowest BCUT2D eigenvalue weighted by Gasteiger charge is -2.34. The number of benzene rings is 2. The fourth-order valence-corrected chi connectivity index (χ4v) is 3.16. The Morgan fingerprint density at radius 1 is 1.08 bits per heavy atom. The highest BCUT2D eigenvalue weighted by atomic mass is 16.5. The first-order valence-electron chi connectivity index (χ1n) is 8.86. The zero-order valence-corrected chi connectivity index (χ0v) is 15.1. The number of nitrogens with two attached hydrogens (primary N) is 1. The van der Waals surface area contributed by atoms with Crippen LogP contribution in [0.3, 0.4) is 0 Å². The highest BCUT2D eigenvalue weighted by Crippen LogP contribution is 2.24. The van der Waals surface area contributed by atoms with E-state index in [1.165, 1.54) is 5.56 Å². The molecule has 0 spiro atoms. The lowest BCUT2D eigenvalue weighted by Crippen LogP contribution is -2.48. The van der Waals surface area contributed by atoms with Crippen LogP contribution in [-0.2, 0) is 11.3 Å². The SMILES string of the molecule is COc1ccc(NC(=O)CN2CCN(Cc3ccccc3)CC2)cc1N. The molecule has 1 saturated heterocycles. The highest BCUT2D eigenvalue weighted by molar-refractivity contribution is 5.92. The number of carbonyl (C=O) groups is 1. The van der Waals surface area contributed by atoms with Gasteiger partial charge in [-0.25, -0.2) is 0 Å². The van der Waals surface area contributed by atoms with Gasteiger partial charge in [0.2, 0.25) is 5.91 Å². The summed E-state index contributed by atoms with van der Waals surface area (Å²) in [5, 5.41) is 2.90. The highest BCUT2D eigenvalue weighted by Gasteiger charge is 2.19. The molecule has 138 valence electrons. The molecular formula is C20H26N4O2. The minimum Gasteiger partial charge on any atom is -0.495 e. The van der Waals surface area contributed by atoms with E-state index >= 15 is 0 Å². The summed E-state index contributed by atoms with van der Waals surface area (Å²) in [5.41, 5.74) is 8.41. The first kappa shape index (κ1) is 18.2. The van der Waals surface area contributed by atoms with Crippen LogP contribution in [0.1, 0.15) is 5.56 Å². The van der Waals surface area contributed by atoms with Gasteiger partial charge < -0.3 is 15.8 Å². The van der Waals surface area contributed by atoms with Crippen LogP contribution in [0, 0.1) is 0 Å². The van der Waals surface area contributed by atoms with E-state index in [1.807, 2.05) is 6.07 Å². The van der Waals surface area contributed by atoms with Crippen molar-refractivity contribution in [2.24, 2.45) is 0 Å². The molecule has 3 N–H and O–H groups in total. The summed E-state index contributed by atoms with van der Waals surface area (Å²) < 4.78 is 5.13. The molecule has 1 amide bonds. The molecule has 1 heterocycles. The zero-order valence-electron chi connectivity index (χ0n) is 15.1. The van der Waals surface area contributed by atoms with Gasteiger partial charge >= 0.3 is 0 Å². The second-order valence-corrected chi connectivity index (χ2v) is 6.54. The molecule has 0 aromatic heterocycles. The van der Waals surface area contributed by atoms with Gasteiger partial charge in [0.25, 0.3) is 0 Å². The van der Waals surface area contributed by atoms with Crippen molar-refractivity contribution in [1.82, 2.24) is 9.80 Å². The fourth-order valence-electron chi connectivity index (χ4n) is 3.16. The average molecular weight is 354 g/mol. The first-order valence-corrected chi connectivity index (χ1v) is 8.86. The summed E-state index contributed by atoms with van der Waals surface area (Å²) in [7, 11) is 1.57. The number of amides is 1. The van der Waals surface area contributed by atoms with Crippen molar-refractivity contribution in [1.29, 1.82) is 0 Å². The molecule has 1 fully saturated rings. The maximum absolute atomic E-state index is 12.3. The number of hydrogen-bond donors (Lipinski definition) is 2. The molecule has 6 nitrogen and oxygen atoms in total. The van der Waals surface area contributed by atoms with Crippen molar-refractivity contribution in [3.63, 3.8) is 0 Å². The molecule has 6 heteroatoms. The van der Waals surface area contributed by atoms with E-state index in [2.05, 4.69) is 39.4 Å². The van der Waals surface area contributed by atoms with Gasteiger partial charge in [0, 0.05) is 38.4 Å². The van der Waals surface area contributed by atoms with E-state index in [4.69, 9.17) is 10.5 Å². The number of nitrogen functional groups attached to an aromatic ring is 1. The number of piperazine rings is 1. The average Bonchev–Trinajstić information content (AvgIpc) is 2.64. The summed E-state index contributed by atoms with van der Waals surface area (Å²) in [4.78, 5) is 16.9. The van der Waals surface area contributed by atoms with Crippen molar-refractivity contribution >= 4 is 17.3 Å². The summed E-state index contributed by atoms with van der Waals surface area (Å²) in [5.74, 6) is 0.587. The van der Waals surface area contributed by atoms with E-state index in [0.717, 1.165) is 32.7 Å². The molecule has 0 atom stereocenters. The van der Waals surface area contributed by atoms with Gasteiger partial charge in [0.1, 0.15) is 5.75 Å². The Bertz CT molecular complexity index is 728. The Balaban J connectivity index is 1.44. The number of anilines is 2. The second kappa shape index (κ2) is 8.69. The lowest BCUT2D eigenvalue weighted by molar-refractivity contribution is -0.117. The summed E-state index contributed by atoms with van der Waals surface area (Å²) in [6.45, 7) is 5.09. The molecule has 26 heavy (non-hydrogen) atoms. The maximum Gasteiger partial charge on any atom is 0.238 e. The minimum absolute atomic E-state index is 0.0222. The predicted octanol–water partition coefficient (Wildman–Crippen LogP) is 2.03. The van der Waals surface area contributed by atoms with Crippen molar-refractivity contribution in [2.45, 2.75) is 6.54 Å². The van der Waals surface area contributed by atoms with E-state index in [1.54, 1.807) is 25.3 Å². The van der Waals surface area contributed by atoms with Crippen molar-refractivity contribution in [2.75, 3.05) is 50.9 Å². The lowest BCUT2D eigenvalue weighted by atomic mass is 10.2. The van der Waals surface area contributed by atoms with Gasteiger partial charge in [-0.2, -0.15) is 0 Å². The third-order valence-corrected chi connectivity index (χ3v) is 4.59. The van der Waals surface area contributed by atoms with Gasteiger partial charge in [-0.15, -0.1) is 0 Å². The van der Waals surface area contributed by atoms with Gasteiger partial charge in [-0.3, -0.25) is 14.6 Å². The predicted molar refractivity (Wildman–Crippen MR) is 104 cm³/mol.